The van der Waals surface area contributed by atoms with E-state index in [1.807, 2.05) is 6.20 Å². The SMILES string of the molecule is C#CCNCCCCCCNc1ncnc2c1ncn2[C@@H]1O[C@H](CO)C(O)[C@@H]1O.CC(O)C(=O)OC(C)C(=O)OCCOCCn1cc(CNCCCCCCNc2ncnc3c2ncn3[C@@H]2O[C@H](CO)C(O)[C@@H]2O)nn1. The number of aromatic nitrogens is 11. The van der Waals surface area contributed by atoms with Crippen molar-refractivity contribution in [1.29, 1.82) is 0 Å². The molecule has 4 unspecified atom stereocenters. The Balaban J connectivity index is 0.000000282. The number of nitrogens with zero attached hydrogens (tertiary/aromatic N) is 11. The molecule has 29 nitrogen and oxygen atoms in total. The average Bonchev–Trinajstić information content (AvgIpc) is 4.37. The number of aliphatic hydroxyl groups is 7. The summed E-state index contributed by atoms with van der Waals surface area (Å²) in [6, 6.07) is 0. The fraction of sp³-hybridized carbons (Fsp3) is 0.667. The first kappa shape index (κ1) is 60.1. The molecule has 5 aromatic rings. The van der Waals surface area contributed by atoms with Gasteiger partial charge in [0, 0.05) is 25.8 Å². The highest BCUT2D eigenvalue weighted by atomic mass is 16.6. The molecule has 0 aromatic carbocycles. The Labute approximate surface area is 444 Å². The summed E-state index contributed by atoms with van der Waals surface area (Å²) in [7, 11) is 0. The Morgan fingerprint density at radius 3 is 1.74 bits per heavy atom. The molecule has 0 amide bonds. The van der Waals surface area contributed by atoms with Gasteiger partial charge in [-0.3, -0.25) is 9.13 Å². The third-order valence-corrected chi connectivity index (χ3v) is 12.5. The average molecular weight is 1080 g/mol. The Bertz CT molecular complexity index is 2600. The lowest BCUT2D eigenvalue weighted by Crippen LogP contribution is -2.33. The van der Waals surface area contributed by atoms with Gasteiger partial charge >= 0.3 is 11.9 Å². The summed E-state index contributed by atoms with van der Waals surface area (Å²) in [6.45, 7) is 7.23. The van der Waals surface area contributed by atoms with Gasteiger partial charge in [0.15, 0.2) is 52.5 Å². The predicted octanol–water partition coefficient (Wildman–Crippen LogP) is -1.70. The molecule has 7 heterocycles. The fourth-order valence-corrected chi connectivity index (χ4v) is 8.23. The Morgan fingerprint density at radius 1 is 0.701 bits per heavy atom. The summed E-state index contributed by atoms with van der Waals surface area (Å²) in [6.07, 6.45) is 10.3. The lowest BCUT2D eigenvalue weighted by molar-refractivity contribution is -0.172. The molecular weight excluding hydrogens is 1010 g/mol. The molecule has 2 aliphatic rings. The minimum absolute atomic E-state index is 0.000308. The number of fused-ring (bicyclic) bond motifs is 2. The lowest BCUT2D eigenvalue weighted by Gasteiger charge is -2.16. The van der Waals surface area contributed by atoms with Crippen molar-refractivity contribution >= 4 is 45.9 Å². The number of carbonyl (C=O) groups is 2. The van der Waals surface area contributed by atoms with Gasteiger partial charge in [-0.25, -0.2) is 44.2 Å². The highest BCUT2D eigenvalue weighted by molar-refractivity contribution is 5.83. The molecule has 0 aliphatic carbocycles. The quantitative estimate of drug-likeness (QED) is 0.0130. The van der Waals surface area contributed by atoms with Gasteiger partial charge in [-0.05, 0) is 52.6 Å². The van der Waals surface area contributed by atoms with Gasteiger partial charge < -0.3 is 80.7 Å². The van der Waals surface area contributed by atoms with Crippen LogP contribution in [0.25, 0.3) is 22.3 Å². The van der Waals surface area contributed by atoms with Gasteiger partial charge in [0.1, 0.15) is 62.0 Å². The van der Waals surface area contributed by atoms with Crippen molar-refractivity contribution in [3.8, 4) is 12.3 Å². The maximum atomic E-state index is 11.8. The van der Waals surface area contributed by atoms with Crippen molar-refractivity contribution in [1.82, 2.24) is 64.7 Å². The van der Waals surface area contributed by atoms with Gasteiger partial charge in [0.05, 0.1) is 57.9 Å². The Kier molecular flexibility index (Phi) is 24.4. The topological polar surface area (TPSA) is 388 Å². The first-order chi connectivity index (χ1) is 37.4. The maximum absolute atomic E-state index is 11.8. The highest BCUT2D eigenvalue weighted by Gasteiger charge is 2.45. The molecule has 2 saturated heterocycles. The normalized spacial score (nSPS) is 21.9. The van der Waals surface area contributed by atoms with Gasteiger partial charge in [-0.15, -0.1) is 11.5 Å². The summed E-state index contributed by atoms with van der Waals surface area (Å²) >= 11 is 0. The number of esters is 2. The first-order valence-electron chi connectivity index (χ1n) is 25.8. The van der Waals surface area contributed by atoms with E-state index in [1.54, 1.807) is 9.25 Å². The van der Waals surface area contributed by atoms with E-state index in [4.69, 9.17) is 35.2 Å². The van der Waals surface area contributed by atoms with E-state index >= 15 is 0 Å². The van der Waals surface area contributed by atoms with Crippen LogP contribution >= 0.6 is 0 Å². The minimum Gasteiger partial charge on any atom is -0.461 e. The molecule has 2 fully saturated rings. The summed E-state index contributed by atoms with van der Waals surface area (Å²) in [4.78, 5) is 48.9. The molecule has 0 spiro atoms. The molecule has 10 atom stereocenters. The van der Waals surface area contributed by atoms with Crippen molar-refractivity contribution in [2.75, 3.05) is 76.4 Å². The smallest absolute Gasteiger partial charge is 0.347 e. The second kappa shape index (κ2) is 31.3. The van der Waals surface area contributed by atoms with Crippen LogP contribution < -0.4 is 21.3 Å². The van der Waals surface area contributed by atoms with E-state index in [2.05, 4.69) is 67.4 Å². The Hall–Kier alpha value is -6.14. The second-order valence-electron chi connectivity index (χ2n) is 18.3. The van der Waals surface area contributed by atoms with Gasteiger partial charge in [-0.1, -0.05) is 36.8 Å². The van der Waals surface area contributed by atoms with Gasteiger partial charge in [0.25, 0.3) is 0 Å². The van der Waals surface area contributed by atoms with Crippen LogP contribution in [0.5, 0.6) is 0 Å². The van der Waals surface area contributed by atoms with Crippen LogP contribution in [-0.2, 0) is 46.4 Å². The molecule has 11 N–H and O–H groups in total. The number of terminal acetylenes is 1. The maximum Gasteiger partial charge on any atom is 0.347 e. The summed E-state index contributed by atoms with van der Waals surface area (Å²) in [5, 5.41) is 89.8. The molecule has 0 radical (unpaired) electrons. The molecule has 0 bridgehead atoms. The lowest BCUT2D eigenvalue weighted by atomic mass is 10.1. The molecule has 424 valence electrons. The predicted molar refractivity (Wildman–Crippen MR) is 273 cm³/mol. The fourth-order valence-electron chi connectivity index (χ4n) is 8.23. The molecular formula is C48H73N15O14. The number of aliphatic hydroxyl groups excluding tert-OH is 7. The number of hydrogen-bond acceptors (Lipinski definition) is 26. The van der Waals surface area contributed by atoms with Crippen molar-refractivity contribution < 1.29 is 69.0 Å². The van der Waals surface area contributed by atoms with E-state index in [9.17, 15) is 40.2 Å². The van der Waals surface area contributed by atoms with Crippen LogP contribution in [0.1, 0.15) is 83.4 Å². The molecule has 5 aromatic heterocycles. The number of carbonyl (C=O) groups excluding carboxylic acids is 2. The van der Waals surface area contributed by atoms with Crippen molar-refractivity contribution in [3.05, 3.63) is 37.2 Å². The van der Waals surface area contributed by atoms with Crippen molar-refractivity contribution in [2.45, 2.75) is 140 Å². The minimum atomic E-state index is -1.32. The number of imidazole rings is 2. The van der Waals surface area contributed by atoms with E-state index in [-0.39, 0.29) is 19.8 Å². The van der Waals surface area contributed by atoms with Crippen LogP contribution in [-0.4, -0.2) is 216 Å². The van der Waals surface area contributed by atoms with Gasteiger partial charge in [-0.2, -0.15) is 0 Å². The van der Waals surface area contributed by atoms with Crippen LogP contribution in [0, 0.1) is 12.3 Å². The number of hydrogen-bond donors (Lipinski definition) is 11. The molecule has 29 heteroatoms. The number of rotatable bonds is 32. The molecule has 2 aliphatic heterocycles. The van der Waals surface area contributed by atoms with Crippen LogP contribution in [0.2, 0.25) is 0 Å². The zero-order chi connectivity index (χ0) is 55.1. The van der Waals surface area contributed by atoms with Gasteiger partial charge in [0.2, 0.25) is 0 Å². The monoisotopic (exact) mass is 1080 g/mol. The number of ether oxygens (including phenoxy) is 5. The van der Waals surface area contributed by atoms with E-state index in [0.29, 0.717) is 66.7 Å². The summed E-state index contributed by atoms with van der Waals surface area (Å²) in [5.41, 5.74) is 2.83. The standard InChI is InChI=1S/C29H45N9O10.C19H28N6O4/c1-18(40)28(43)47-19(2)29(44)46-12-11-45-10-9-37-14-20(35-36-37)13-30-7-5-3-4-6-8-31-25-22-26(33-16-32-25)38(17-34-22)27-24(42)23(41)21(15-39)48-27;1-2-7-20-8-5-3-4-6-9-21-17-14-18(23-11-22-17)25(12-24-14)19-16(28)15(27)13(10-26)29-19/h14,16-19,21,23-24,27,30,39-42H,3-13,15H2,1-2H3,(H,31,32,33);1,11-13,15-16,19-20,26-28H,3-10H2,(H,21,22,23)/t18?,19?,21-,23?,24+,27-;13-,15?,16+,19-/m11/s1. The number of unbranched alkanes of at least 4 members (excludes halogenated alkanes) is 6. The van der Waals surface area contributed by atoms with Crippen LogP contribution in [0.15, 0.2) is 31.5 Å². The zero-order valence-electron chi connectivity index (χ0n) is 43.3. The zero-order valence-corrected chi connectivity index (χ0v) is 43.3. The van der Waals surface area contributed by atoms with Crippen molar-refractivity contribution in [2.24, 2.45) is 0 Å². The summed E-state index contributed by atoms with van der Waals surface area (Å²) < 4.78 is 31.1. The van der Waals surface area contributed by atoms with E-state index in [0.717, 1.165) is 76.7 Å². The molecule has 77 heavy (non-hydrogen) atoms. The largest absolute Gasteiger partial charge is 0.461 e. The van der Waals surface area contributed by atoms with E-state index < -0.39 is 79.8 Å². The second-order valence-corrected chi connectivity index (χ2v) is 18.3. The first-order valence-corrected chi connectivity index (χ1v) is 25.8. The van der Waals surface area contributed by atoms with Crippen LogP contribution in [0.3, 0.4) is 0 Å². The van der Waals surface area contributed by atoms with Crippen molar-refractivity contribution in [3.63, 3.8) is 0 Å². The number of nitrogens with one attached hydrogen (secondary N) is 4. The van der Waals surface area contributed by atoms with Crippen LogP contribution in [0.4, 0.5) is 11.6 Å². The third kappa shape index (κ3) is 17.2. The molecule has 0 saturated carbocycles. The van der Waals surface area contributed by atoms with E-state index in [1.165, 1.54) is 43.7 Å². The number of anilines is 2. The molecule has 7 rings (SSSR count). The highest BCUT2D eigenvalue weighted by Crippen LogP contribution is 2.33. The summed E-state index contributed by atoms with van der Waals surface area (Å²) in [5.74, 6) is 2.12. The Morgan fingerprint density at radius 2 is 1.23 bits per heavy atom. The third-order valence-electron chi connectivity index (χ3n) is 12.5.